The normalized spacial score (nSPS) is 15.0. The zero-order chi connectivity index (χ0) is 29.6. The Morgan fingerprint density at radius 2 is 1.69 bits per heavy atom. The first-order chi connectivity index (χ1) is 20.4. The zero-order valence-electron chi connectivity index (χ0n) is 23.3. The molecule has 4 amide bonds. The van der Waals surface area contributed by atoms with Gasteiger partial charge in [0.25, 0.3) is 11.8 Å². The van der Waals surface area contributed by atoms with Crippen molar-refractivity contribution >= 4 is 29.6 Å². The Bertz CT molecular complexity index is 1580. The summed E-state index contributed by atoms with van der Waals surface area (Å²) < 4.78 is 28.1. The first-order valence-electron chi connectivity index (χ1n) is 13.5. The van der Waals surface area contributed by atoms with E-state index in [9.17, 15) is 14.4 Å². The molecule has 3 aromatic carbocycles. The summed E-state index contributed by atoms with van der Waals surface area (Å²) in [5.74, 6) is 1.16. The molecule has 0 unspecified atom stereocenters. The molecular weight excluding hydrogens is 540 g/mol. The van der Waals surface area contributed by atoms with Crippen LogP contribution in [0.1, 0.15) is 30.5 Å². The molecule has 2 heterocycles. The summed E-state index contributed by atoms with van der Waals surface area (Å²) in [6, 6.07) is 14.9. The predicted octanol–water partition coefficient (Wildman–Crippen LogP) is 5.19. The number of barbiturate groups is 1. The Hall–Kier alpha value is -5.25. The maximum absolute atomic E-state index is 13.6. The van der Waals surface area contributed by atoms with E-state index in [1.54, 1.807) is 37.3 Å². The molecule has 0 saturated carbocycles. The SMILES string of the molecule is C=CCc1cc(/C=C2\C(=O)NC(=O)N(c3cc(OCC)ccc3OCC)C2=O)ccc1OCc1ccc2c(c1)OCO2. The van der Waals surface area contributed by atoms with Crippen LogP contribution in [0, 0.1) is 0 Å². The van der Waals surface area contributed by atoms with E-state index in [0.29, 0.717) is 60.6 Å². The van der Waals surface area contributed by atoms with E-state index < -0.39 is 17.8 Å². The molecule has 0 aliphatic carbocycles. The number of carbonyl (C=O) groups is 3. The van der Waals surface area contributed by atoms with Gasteiger partial charge < -0.3 is 23.7 Å². The topological polar surface area (TPSA) is 113 Å². The molecule has 42 heavy (non-hydrogen) atoms. The smallest absolute Gasteiger partial charge is 0.336 e. The molecule has 0 radical (unpaired) electrons. The monoisotopic (exact) mass is 570 g/mol. The Labute approximate surface area is 243 Å². The number of ether oxygens (including phenoxy) is 5. The van der Waals surface area contributed by atoms with E-state index in [-0.39, 0.29) is 18.1 Å². The first-order valence-corrected chi connectivity index (χ1v) is 13.5. The summed E-state index contributed by atoms with van der Waals surface area (Å²) in [4.78, 5) is 40.2. The number of fused-ring (bicyclic) bond motifs is 1. The van der Waals surface area contributed by atoms with E-state index in [1.807, 2.05) is 31.2 Å². The average Bonchev–Trinajstić information content (AvgIpc) is 3.44. The number of carbonyl (C=O) groups excluding carboxylic acids is 3. The van der Waals surface area contributed by atoms with E-state index in [4.69, 9.17) is 23.7 Å². The van der Waals surface area contributed by atoms with Crippen molar-refractivity contribution in [2.75, 3.05) is 24.9 Å². The third kappa shape index (κ3) is 5.92. The van der Waals surface area contributed by atoms with Crippen molar-refractivity contribution in [3.63, 3.8) is 0 Å². The number of allylic oxidation sites excluding steroid dienone is 1. The Morgan fingerprint density at radius 1 is 0.905 bits per heavy atom. The van der Waals surface area contributed by atoms with Crippen molar-refractivity contribution in [3.05, 3.63) is 89.5 Å². The van der Waals surface area contributed by atoms with Gasteiger partial charge in [-0.05, 0) is 79.4 Å². The van der Waals surface area contributed by atoms with Gasteiger partial charge in [0, 0.05) is 6.07 Å². The lowest BCUT2D eigenvalue weighted by atomic mass is 10.0. The number of nitrogens with one attached hydrogen (secondary N) is 1. The van der Waals surface area contributed by atoms with Gasteiger partial charge in [-0.1, -0.05) is 18.2 Å². The van der Waals surface area contributed by atoms with Gasteiger partial charge in [0.1, 0.15) is 29.4 Å². The van der Waals surface area contributed by atoms with Crippen LogP contribution in [0.25, 0.3) is 6.08 Å². The highest BCUT2D eigenvalue weighted by atomic mass is 16.7. The minimum Gasteiger partial charge on any atom is -0.494 e. The Kier molecular flexibility index (Phi) is 8.42. The minimum absolute atomic E-state index is 0.170. The standard InChI is InChI=1S/C32H30N2O8/c1-4-7-22-14-20(8-11-26(22)40-18-21-9-12-28-29(16-21)42-19-41-28)15-24-30(35)33-32(37)34(31(24)36)25-17-23(38-5-2)10-13-27(25)39-6-3/h4,8-17H,1,5-7,18-19H2,2-3H3,(H,33,35,37)/b24-15+. The molecule has 10 nitrogen and oxygen atoms in total. The summed E-state index contributed by atoms with van der Waals surface area (Å²) in [6.45, 7) is 8.63. The quantitative estimate of drug-likeness (QED) is 0.191. The maximum Gasteiger partial charge on any atom is 0.336 e. The molecule has 2 aliphatic rings. The van der Waals surface area contributed by atoms with Crippen LogP contribution in [-0.4, -0.2) is 37.9 Å². The van der Waals surface area contributed by atoms with Gasteiger partial charge >= 0.3 is 6.03 Å². The molecular formula is C32H30N2O8. The number of amides is 4. The molecule has 1 N–H and O–H groups in total. The zero-order valence-corrected chi connectivity index (χ0v) is 23.3. The number of anilines is 1. The van der Waals surface area contributed by atoms with Crippen molar-refractivity contribution in [3.8, 4) is 28.7 Å². The molecule has 5 rings (SSSR count). The van der Waals surface area contributed by atoms with E-state index in [2.05, 4.69) is 11.9 Å². The summed E-state index contributed by atoms with van der Waals surface area (Å²) >= 11 is 0. The Morgan fingerprint density at radius 3 is 2.48 bits per heavy atom. The third-order valence-corrected chi connectivity index (χ3v) is 6.47. The average molecular weight is 571 g/mol. The van der Waals surface area contributed by atoms with Crippen molar-refractivity contribution in [1.82, 2.24) is 5.32 Å². The van der Waals surface area contributed by atoms with Crippen molar-refractivity contribution in [1.29, 1.82) is 0 Å². The van der Waals surface area contributed by atoms with Crippen LogP contribution in [-0.2, 0) is 22.6 Å². The van der Waals surface area contributed by atoms with Gasteiger partial charge in [0.05, 0.1) is 18.9 Å². The molecule has 0 aromatic heterocycles. The van der Waals surface area contributed by atoms with Crippen LogP contribution in [0.15, 0.2) is 72.8 Å². The summed E-state index contributed by atoms with van der Waals surface area (Å²) in [7, 11) is 0. The number of imide groups is 2. The van der Waals surface area contributed by atoms with Crippen molar-refractivity contribution in [2.24, 2.45) is 0 Å². The number of rotatable bonds is 11. The molecule has 1 saturated heterocycles. The highest BCUT2D eigenvalue weighted by Gasteiger charge is 2.38. The molecule has 1 fully saturated rings. The fourth-order valence-electron chi connectivity index (χ4n) is 4.59. The van der Waals surface area contributed by atoms with Crippen LogP contribution in [0.4, 0.5) is 10.5 Å². The molecule has 0 atom stereocenters. The number of nitrogens with zero attached hydrogens (tertiary/aromatic N) is 1. The molecule has 2 aliphatic heterocycles. The fraction of sp³-hybridized carbons (Fsp3) is 0.219. The van der Waals surface area contributed by atoms with Gasteiger partial charge in [-0.2, -0.15) is 0 Å². The van der Waals surface area contributed by atoms with Gasteiger partial charge in [-0.3, -0.25) is 14.9 Å². The fourth-order valence-corrected chi connectivity index (χ4v) is 4.59. The molecule has 216 valence electrons. The molecule has 0 bridgehead atoms. The molecule has 10 heteroatoms. The van der Waals surface area contributed by atoms with E-state index in [0.717, 1.165) is 16.0 Å². The van der Waals surface area contributed by atoms with Crippen LogP contribution in [0.2, 0.25) is 0 Å². The lowest BCUT2D eigenvalue weighted by molar-refractivity contribution is -0.122. The maximum atomic E-state index is 13.6. The van der Waals surface area contributed by atoms with Gasteiger partial charge in [0.15, 0.2) is 11.5 Å². The number of hydrogen-bond donors (Lipinski definition) is 1. The van der Waals surface area contributed by atoms with E-state index >= 15 is 0 Å². The second kappa shape index (κ2) is 12.5. The highest BCUT2D eigenvalue weighted by Crippen LogP contribution is 2.36. The number of urea groups is 1. The van der Waals surface area contributed by atoms with Crippen LogP contribution >= 0.6 is 0 Å². The summed E-state index contributed by atoms with van der Waals surface area (Å²) in [5, 5.41) is 2.26. The second-order valence-electron chi connectivity index (χ2n) is 9.29. The third-order valence-electron chi connectivity index (χ3n) is 6.47. The number of benzene rings is 3. The lowest BCUT2D eigenvalue weighted by Crippen LogP contribution is -2.54. The lowest BCUT2D eigenvalue weighted by Gasteiger charge is -2.28. The highest BCUT2D eigenvalue weighted by molar-refractivity contribution is 6.39. The minimum atomic E-state index is -0.878. The molecule has 3 aromatic rings. The van der Waals surface area contributed by atoms with Gasteiger partial charge in [-0.15, -0.1) is 6.58 Å². The molecule has 0 spiro atoms. The Balaban J connectivity index is 1.42. The van der Waals surface area contributed by atoms with Crippen molar-refractivity contribution < 1.29 is 38.1 Å². The number of hydrogen-bond acceptors (Lipinski definition) is 8. The van der Waals surface area contributed by atoms with Gasteiger partial charge in [0.2, 0.25) is 6.79 Å². The largest absolute Gasteiger partial charge is 0.494 e. The van der Waals surface area contributed by atoms with Crippen molar-refractivity contribution in [2.45, 2.75) is 26.9 Å². The summed E-state index contributed by atoms with van der Waals surface area (Å²) in [6.07, 6.45) is 3.66. The van der Waals surface area contributed by atoms with E-state index in [1.165, 1.54) is 12.1 Å². The summed E-state index contributed by atoms with van der Waals surface area (Å²) in [5.41, 5.74) is 2.24. The van der Waals surface area contributed by atoms with Crippen LogP contribution in [0.5, 0.6) is 28.7 Å². The second-order valence-corrected chi connectivity index (χ2v) is 9.29. The first kappa shape index (κ1) is 28.3. The predicted molar refractivity (Wildman–Crippen MR) is 155 cm³/mol. The van der Waals surface area contributed by atoms with Gasteiger partial charge in [-0.25, -0.2) is 9.69 Å². The van der Waals surface area contributed by atoms with Crippen LogP contribution < -0.4 is 33.9 Å². The van der Waals surface area contributed by atoms with Crippen LogP contribution in [0.3, 0.4) is 0 Å².